The van der Waals surface area contributed by atoms with Crippen molar-refractivity contribution < 1.29 is 18.7 Å². The van der Waals surface area contributed by atoms with Crippen LogP contribution in [0.3, 0.4) is 0 Å². The van der Waals surface area contributed by atoms with E-state index in [1.54, 1.807) is 16.1 Å². The largest absolute Gasteiger partial charge is 0.467 e. The second-order valence-electron chi connectivity index (χ2n) is 7.84. The molecular weight excluding hydrogens is 332 g/mol. The molecule has 1 aromatic rings. The van der Waals surface area contributed by atoms with Crippen LogP contribution in [0.25, 0.3) is 0 Å². The van der Waals surface area contributed by atoms with Crippen molar-refractivity contribution in [2.75, 3.05) is 19.7 Å². The summed E-state index contributed by atoms with van der Waals surface area (Å²) >= 11 is 0. The quantitative estimate of drug-likeness (QED) is 0.678. The minimum Gasteiger partial charge on any atom is -0.467 e. The van der Waals surface area contributed by atoms with Crippen molar-refractivity contribution in [3.8, 4) is 0 Å². The van der Waals surface area contributed by atoms with Crippen molar-refractivity contribution in [3.63, 3.8) is 0 Å². The average Bonchev–Trinajstić information content (AvgIpc) is 3.07. The third-order valence-corrected chi connectivity index (χ3v) is 4.92. The van der Waals surface area contributed by atoms with Gasteiger partial charge in [-0.1, -0.05) is 13.8 Å². The fourth-order valence-corrected chi connectivity index (χ4v) is 3.40. The Morgan fingerprint density at radius 2 is 2.04 bits per heavy atom. The van der Waals surface area contributed by atoms with Gasteiger partial charge in [-0.05, 0) is 43.7 Å². The molecule has 2 fully saturated rings. The van der Waals surface area contributed by atoms with Gasteiger partial charge in [0.1, 0.15) is 12.3 Å². The number of rotatable bonds is 9. The van der Waals surface area contributed by atoms with Crippen molar-refractivity contribution in [1.29, 1.82) is 0 Å². The molecule has 6 nitrogen and oxygen atoms in total. The highest BCUT2D eigenvalue weighted by atomic mass is 16.5. The van der Waals surface area contributed by atoms with Crippen molar-refractivity contribution in [2.24, 2.45) is 5.92 Å². The molecular formula is C20H30N2O4. The van der Waals surface area contributed by atoms with Crippen LogP contribution in [0.2, 0.25) is 0 Å². The van der Waals surface area contributed by atoms with Gasteiger partial charge in [0.05, 0.1) is 18.9 Å². The van der Waals surface area contributed by atoms with E-state index < -0.39 is 0 Å². The van der Waals surface area contributed by atoms with E-state index in [1.165, 1.54) is 0 Å². The predicted molar refractivity (Wildman–Crippen MR) is 97.3 cm³/mol. The number of carbonyl (C=O) groups is 2. The molecule has 1 aromatic heterocycles. The smallest absolute Gasteiger partial charge is 0.242 e. The molecule has 2 heterocycles. The normalized spacial score (nSPS) is 19.7. The van der Waals surface area contributed by atoms with Gasteiger partial charge in [-0.3, -0.25) is 9.59 Å². The Labute approximate surface area is 155 Å². The van der Waals surface area contributed by atoms with Gasteiger partial charge < -0.3 is 19.0 Å². The molecule has 3 rings (SSSR count). The maximum atomic E-state index is 13.0. The van der Waals surface area contributed by atoms with E-state index in [9.17, 15) is 9.59 Å². The van der Waals surface area contributed by atoms with E-state index in [1.807, 2.05) is 26.0 Å². The van der Waals surface area contributed by atoms with Crippen molar-refractivity contribution in [3.05, 3.63) is 24.2 Å². The molecule has 2 amide bonds. The van der Waals surface area contributed by atoms with Crippen LogP contribution >= 0.6 is 0 Å². The molecule has 1 saturated heterocycles. The van der Waals surface area contributed by atoms with Crippen molar-refractivity contribution in [2.45, 2.75) is 64.6 Å². The molecule has 0 radical (unpaired) electrons. The van der Waals surface area contributed by atoms with Crippen LogP contribution in [0.4, 0.5) is 0 Å². The Morgan fingerprint density at radius 3 is 2.62 bits per heavy atom. The number of hydrogen-bond donors (Lipinski definition) is 0. The van der Waals surface area contributed by atoms with Crippen LogP contribution in [0.15, 0.2) is 22.8 Å². The van der Waals surface area contributed by atoms with Gasteiger partial charge in [-0.25, -0.2) is 0 Å². The molecule has 6 heteroatoms. The number of furan rings is 1. The lowest BCUT2D eigenvalue weighted by Gasteiger charge is -2.29. The third kappa shape index (κ3) is 5.34. The Hall–Kier alpha value is -1.82. The summed E-state index contributed by atoms with van der Waals surface area (Å²) in [6, 6.07) is 3.93. The minimum absolute atomic E-state index is 0.0269. The van der Waals surface area contributed by atoms with Crippen LogP contribution in [-0.2, 0) is 20.9 Å². The highest BCUT2D eigenvalue weighted by Gasteiger charge is 2.35. The lowest BCUT2D eigenvalue weighted by molar-refractivity contribution is -0.142. The second kappa shape index (κ2) is 8.71. The summed E-state index contributed by atoms with van der Waals surface area (Å²) in [6.45, 7) is 5.95. The first-order valence-corrected chi connectivity index (χ1v) is 9.74. The van der Waals surface area contributed by atoms with E-state index in [4.69, 9.17) is 9.15 Å². The first-order chi connectivity index (χ1) is 12.5. The molecule has 144 valence electrons. The Kier molecular flexibility index (Phi) is 6.35. The van der Waals surface area contributed by atoms with Crippen LogP contribution < -0.4 is 0 Å². The Morgan fingerprint density at radius 1 is 1.23 bits per heavy atom. The summed E-state index contributed by atoms with van der Waals surface area (Å²) in [6.07, 6.45) is 6.20. The summed E-state index contributed by atoms with van der Waals surface area (Å²) in [5.41, 5.74) is 0. The average molecular weight is 362 g/mol. The standard InChI is InChI=1S/C20H30N2O4/c1-15(2)11-19(23)22(16-7-8-16)14-20(24)21(12-17-5-3-9-25-17)13-18-6-4-10-26-18/h3,5,9,15-16,18H,4,6-8,10-14H2,1-2H3. The summed E-state index contributed by atoms with van der Waals surface area (Å²) in [7, 11) is 0. The van der Waals surface area contributed by atoms with E-state index in [-0.39, 0.29) is 30.5 Å². The van der Waals surface area contributed by atoms with Gasteiger partial charge in [-0.15, -0.1) is 0 Å². The van der Waals surface area contributed by atoms with Crippen LogP contribution in [0.5, 0.6) is 0 Å². The second-order valence-corrected chi connectivity index (χ2v) is 7.84. The predicted octanol–water partition coefficient (Wildman–Crippen LogP) is 2.82. The molecule has 1 aliphatic carbocycles. The SMILES string of the molecule is CC(C)CC(=O)N(CC(=O)N(Cc1ccco1)CC1CCCO1)C1CC1. The summed E-state index contributed by atoms with van der Waals surface area (Å²) in [4.78, 5) is 29.2. The molecule has 0 aromatic carbocycles. The van der Waals surface area contributed by atoms with Gasteiger partial charge >= 0.3 is 0 Å². The third-order valence-electron chi connectivity index (χ3n) is 4.92. The van der Waals surface area contributed by atoms with Crippen molar-refractivity contribution in [1.82, 2.24) is 9.80 Å². The number of carbonyl (C=O) groups excluding carboxylic acids is 2. The molecule has 0 N–H and O–H groups in total. The zero-order valence-electron chi connectivity index (χ0n) is 15.9. The van der Waals surface area contributed by atoms with Crippen LogP contribution in [0.1, 0.15) is 51.7 Å². The zero-order chi connectivity index (χ0) is 18.5. The van der Waals surface area contributed by atoms with E-state index in [2.05, 4.69) is 0 Å². The molecule has 2 aliphatic rings. The molecule has 1 atom stereocenters. The highest BCUT2D eigenvalue weighted by molar-refractivity contribution is 5.85. The maximum Gasteiger partial charge on any atom is 0.242 e. The van der Waals surface area contributed by atoms with Crippen LogP contribution in [0, 0.1) is 5.92 Å². The van der Waals surface area contributed by atoms with E-state index in [0.29, 0.717) is 25.4 Å². The number of hydrogen-bond acceptors (Lipinski definition) is 4. The first kappa shape index (κ1) is 19.0. The molecule has 26 heavy (non-hydrogen) atoms. The van der Waals surface area contributed by atoms with E-state index >= 15 is 0 Å². The molecule has 1 aliphatic heterocycles. The summed E-state index contributed by atoms with van der Waals surface area (Å²) in [5, 5.41) is 0. The number of ether oxygens (including phenoxy) is 1. The van der Waals surface area contributed by atoms with Gasteiger partial charge in [0, 0.05) is 25.6 Å². The highest BCUT2D eigenvalue weighted by Crippen LogP contribution is 2.28. The lowest BCUT2D eigenvalue weighted by Crippen LogP contribution is -2.46. The Bertz CT molecular complexity index is 589. The van der Waals surface area contributed by atoms with Crippen LogP contribution in [-0.4, -0.2) is 53.5 Å². The van der Waals surface area contributed by atoms with E-state index in [0.717, 1.165) is 38.1 Å². The topological polar surface area (TPSA) is 63.0 Å². The molecule has 0 spiro atoms. The monoisotopic (exact) mass is 362 g/mol. The minimum atomic E-state index is -0.0269. The van der Waals surface area contributed by atoms with Gasteiger partial charge in [0.2, 0.25) is 11.8 Å². The number of amides is 2. The fraction of sp³-hybridized carbons (Fsp3) is 0.700. The maximum absolute atomic E-state index is 13.0. The first-order valence-electron chi connectivity index (χ1n) is 9.74. The van der Waals surface area contributed by atoms with Crippen molar-refractivity contribution >= 4 is 11.8 Å². The zero-order valence-corrected chi connectivity index (χ0v) is 15.9. The fourth-order valence-electron chi connectivity index (χ4n) is 3.40. The molecule has 0 bridgehead atoms. The summed E-state index contributed by atoms with van der Waals surface area (Å²) < 4.78 is 11.1. The Balaban J connectivity index is 1.65. The molecule has 1 unspecified atom stereocenters. The molecule has 1 saturated carbocycles. The van der Waals surface area contributed by atoms with Gasteiger partial charge in [0.25, 0.3) is 0 Å². The lowest BCUT2D eigenvalue weighted by atomic mass is 10.1. The summed E-state index contributed by atoms with van der Waals surface area (Å²) in [5.74, 6) is 1.11. The van der Waals surface area contributed by atoms with Gasteiger partial charge in [-0.2, -0.15) is 0 Å². The number of nitrogens with zero attached hydrogens (tertiary/aromatic N) is 2. The van der Waals surface area contributed by atoms with Gasteiger partial charge in [0.15, 0.2) is 0 Å².